The van der Waals surface area contributed by atoms with Crippen LogP contribution < -0.4 is 11.1 Å². The number of rotatable bonds is 3. The number of carbonyl (C=O) groups excluding carboxylic acids is 1. The Morgan fingerprint density at radius 3 is 2.95 bits per heavy atom. The van der Waals surface area contributed by atoms with Crippen LogP contribution in [0.2, 0.25) is 0 Å². The van der Waals surface area contributed by atoms with Crippen molar-refractivity contribution in [1.82, 2.24) is 15.5 Å². The first kappa shape index (κ1) is 13.5. The summed E-state index contributed by atoms with van der Waals surface area (Å²) < 4.78 is 13.8. The van der Waals surface area contributed by atoms with E-state index in [-0.39, 0.29) is 18.1 Å². The maximum atomic E-state index is 13.1. The van der Waals surface area contributed by atoms with Crippen molar-refractivity contribution in [2.24, 2.45) is 0 Å². The summed E-state index contributed by atoms with van der Waals surface area (Å²) in [4.78, 5) is 11.9. The summed E-state index contributed by atoms with van der Waals surface area (Å²) in [5.74, 6) is -0.763. The molecule has 1 amide bonds. The molecule has 0 unspecified atom stereocenters. The molecule has 0 saturated heterocycles. The third-order valence-electron chi connectivity index (χ3n) is 2.66. The second kappa shape index (κ2) is 5.40. The van der Waals surface area contributed by atoms with Crippen LogP contribution in [0, 0.1) is 12.7 Å². The SMILES string of the molecule is Cc1[nH]nc(C(=O)NCc2cc(F)ccc2Br)c1N. The van der Waals surface area contributed by atoms with Gasteiger partial charge in [0.05, 0.1) is 11.4 Å². The maximum absolute atomic E-state index is 13.1. The molecule has 0 bridgehead atoms. The molecule has 7 heteroatoms. The van der Waals surface area contributed by atoms with Gasteiger partial charge in [-0.2, -0.15) is 5.10 Å². The van der Waals surface area contributed by atoms with Gasteiger partial charge in [-0.15, -0.1) is 0 Å². The number of aromatic amines is 1. The summed E-state index contributed by atoms with van der Waals surface area (Å²) in [6.45, 7) is 1.91. The minimum atomic E-state index is -0.405. The van der Waals surface area contributed by atoms with E-state index in [0.717, 1.165) is 4.47 Å². The normalized spacial score (nSPS) is 10.5. The molecule has 1 aromatic heterocycles. The van der Waals surface area contributed by atoms with Gasteiger partial charge >= 0.3 is 0 Å². The first-order valence-corrected chi connectivity index (χ1v) is 6.31. The van der Waals surface area contributed by atoms with Gasteiger partial charge in [-0.1, -0.05) is 15.9 Å². The van der Waals surface area contributed by atoms with Crippen molar-refractivity contribution in [2.75, 3.05) is 5.73 Å². The van der Waals surface area contributed by atoms with Crippen LogP contribution in [0.3, 0.4) is 0 Å². The average Bonchev–Trinajstić information content (AvgIpc) is 2.71. The molecule has 19 heavy (non-hydrogen) atoms. The maximum Gasteiger partial charge on any atom is 0.274 e. The van der Waals surface area contributed by atoms with Crippen LogP contribution in [-0.4, -0.2) is 16.1 Å². The molecule has 100 valence electrons. The van der Waals surface area contributed by atoms with Gasteiger partial charge in [-0.3, -0.25) is 9.89 Å². The number of nitrogens with two attached hydrogens (primary N) is 1. The van der Waals surface area contributed by atoms with Gasteiger partial charge in [0.1, 0.15) is 5.82 Å². The number of hydrogen-bond acceptors (Lipinski definition) is 3. The van der Waals surface area contributed by atoms with E-state index < -0.39 is 5.91 Å². The van der Waals surface area contributed by atoms with E-state index in [1.807, 2.05) is 0 Å². The van der Waals surface area contributed by atoms with Crippen molar-refractivity contribution in [1.29, 1.82) is 0 Å². The Morgan fingerprint density at radius 2 is 2.32 bits per heavy atom. The largest absolute Gasteiger partial charge is 0.395 e. The smallest absolute Gasteiger partial charge is 0.274 e. The fraction of sp³-hybridized carbons (Fsp3) is 0.167. The van der Waals surface area contributed by atoms with Crippen LogP contribution in [0.1, 0.15) is 21.7 Å². The third kappa shape index (κ3) is 2.93. The predicted octanol–water partition coefficient (Wildman–Crippen LogP) is 2.13. The van der Waals surface area contributed by atoms with E-state index in [1.165, 1.54) is 12.1 Å². The van der Waals surface area contributed by atoms with Crippen LogP contribution in [-0.2, 0) is 6.54 Å². The summed E-state index contributed by atoms with van der Waals surface area (Å²) in [6, 6.07) is 4.28. The van der Waals surface area contributed by atoms with E-state index in [4.69, 9.17) is 5.73 Å². The zero-order valence-electron chi connectivity index (χ0n) is 10.1. The molecule has 4 N–H and O–H groups in total. The molecule has 2 aromatic rings. The lowest BCUT2D eigenvalue weighted by atomic mass is 10.2. The summed E-state index contributed by atoms with van der Waals surface area (Å²) in [7, 11) is 0. The van der Waals surface area contributed by atoms with Crippen LogP contribution in [0.25, 0.3) is 0 Å². The molecule has 0 spiro atoms. The molecule has 0 fully saturated rings. The molecule has 0 aliphatic rings. The number of aryl methyl sites for hydroxylation is 1. The molecular formula is C12H12BrFN4O. The Hall–Kier alpha value is -1.89. The second-order valence-corrected chi connectivity index (χ2v) is 4.88. The molecule has 1 aromatic carbocycles. The molecular weight excluding hydrogens is 315 g/mol. The van der Waals surface area contributed by atoms with E-state index in [9.17, 15) is 9.18 Å². The van der Waals surface area contributed by atoms with E-state index >= 15 is 0 Å². The Morgan fingerprint density at radius 1 is 1.58 bits per heavy atom. The van der Waals surface area contributed by atoms with Gasteiger partial charge in [-0.05, 0) is 30.7 Å². The number of aromatic nitrogens is 2. The summed E-state index contributed by atoms with van der Waals surface area (Å²) >= 11 is 3.29. The topological polar surface area (TPSA) is 83.8 Å². The minimum Gasteiger partial charge on any atom is -0.395 e. The Kier molecular flexibility index (Phi) is 3.84. The van der Waals surface area contributed by atoms with Gasteiger partial charge in [0.25, 0.3) is 5.91 Å². The number of benzene rings is 1. The lowest BCUT2D eigenvalue weighted by molar-refractivity contribution is 0.0946. The van der Waals surface area contributed by atoms with Crippen molar-refractivity contribution < 1.29 is 9.18 Å². The average molecular weight is 327 g/mol. The molecule has 0 radical (unpaired) electrons. The number of nitrogens with zero attached hydrogens (tertiary/aromatic N) is 1. The van der Waals surface area contributed by atoms with Crippen molar-refractivity contribution in [3.8, 4) is 0 Å². The van der Waals surface area contributed by atoms with Crippen LogP contribution >= 0.6 is 15.9 Å². The Balaban J connectivity index is 2.08. The number of carbonyl (C=O) groups is 1. The molecule has 0 saturated carbocycles. The lowest BCUT2D eigenvalue weighted by Gasteiger charge is -2.06. The number of nitrogen functional groups attached to an aromatic ring is 1. The molecule has 0 atom stereocenters. The summed E-state index contributed by atoms with van der Waals surface area (Å²) in [5, 5.41) is 9.09. The van der Waals surface area contributed by atoms with E-state index in [0.29, 0.717) is 16.9 Å². The van der Waals surface area contributed by atoms with Crippen LogP contribution in [0.15, 0.2) is 22.7 Å². The zero-order chi connectivity index (χ0) is 14.0. The van der Waals surface area contributed by atoms with E-state index in [1.54, 1.807) is 13.0 Å². The number of H-pyrrole nitrogens is 1. The standard InChI is InChI=1S/C12H12BrFN4O/c1-6-10(15)11(18-17-6)12(19)16-5-7-4-8(14)2-3-9(7)13/h2-4H,5,15H2,1H3,(H,16,19)(H,17,18). The van der Waals surface area contributed by atoms with Crippen molar-refractivity contribution in [2.45, 2.75) is 13.5 Å². The first-order valence-electron chi connectivity index (χ1n) is 5.51. The second-order valence-electron chi connectivity index (χ2n) is 4.03. The monoisotopic (exact) mass is 326 g/mol. The van der Waals surface area contributed by atoms with Gasteiger partial charge in [0.15, 0.2) is 5.69 Å². The van der Waals surface area contributed by atoms with Crippen LogP contribution in [0.4, 0.5) is 10.1 Å². The van der Waals surface area contributed by atoms with Gasteiger partial charge < -0.3 is 11.1 Å². The molecule has 2 rings (SSSR count). The number of nitrogens with one attached hydrogen (secondary N) is 2. The Bertz CT molecular complexity index is 626. The molecule has 5 nitrogen and oxygen atoms in total. The van der Waals surface area contributed by atoms with Crippen molar-refractivity contribution >= 4 is 27.5 Å². The van der Waals surface area contributed by atoms with Crippen molar-refractivity contribution in [3.63, 3.8) is 0 Å². The zero-order valence-corrected chi connectivity index (χ0v) is 11.7. The highest BCUT2D eigenvalue weighted by Crippen LogP contribution is 2.18. The quantitative estimate of drug-likeness (QED) is 0.807. The number of anilines is 1. The third-order valence-corrected chi connectivity index (χ3v) is 3.43. The summed E-state index contributed by atoms with van der Waals surface area (Å²) in [5.41, 5.74) is 7.44. The summed E-state index contributed by atoms with van der Waals surface area (Å²) in [6.07, 6.45) is 0. The number of halogens is 2. The van der Waals surface area contributed by atoms with Crippen molar-refractivity contribution in [3.05, 3.63) is 45.4 Å². The van der Waals surface area contributed by atoms with Gasteiger partial charge in [-0.25, -0.2) is 4.39 Å². The molecule has 0 aliphatic heterocycles. The fourth-order valence-corrected chi connectivity index (χ4v) is 1.94. The van der Waals surface area contributed by atoms with Gasteiger partial charge in [0.2, 0.25) is 0 Å². The highest BCUT2D eigenvalue weighted by Gasteiger charge is 2.15. The highest BCUT2D eigenvalue weighted by atomic mass is 79.9. The number of hydrogen-bond donors (Lipinski definition) is 3. The first-order chi connectivity index (χ1) is 8.99. The minimum absolute atomic E-state index is 0.144. The van der Waals surface area contributed by atoms with Crippen LogP contribution in [0.5, 0.6) is 0 Å². The Labute approximate surface area is 117 Å². The van der Waals surface area contributed by atoms with E-state index in [2.05, 4.69) is 31.4 Å². The number of amides is 1. The fourth-order valence-electron chi connectivity index (χ4n) is 1.55. The predicted molar refractivity (Wildman–Crippen MR) is 73.0 cm³/mol. The molecule has 1 heterocycles. The highest BCUT2D eigenvalue weighted by molar-refractivity contribution is 9.10. The van der Waals surface area contributed by atoms with Gasteiger partial charge in [0, 0.05) is 11.0 Å². The molecule has 0 aliphatic carbocycles. The lowest BCUT2D eigenvalue weighted by Crippen LogP contribution is -2.24.